The van der Waals surface area contributed by atoms with E-state index in [1.807, 2.05) is 70.3 Å². The first-order valence-corrected chi connectivity index (χ1v) is 12.6. The van der Waals surface area contributed by atoms with Gasteiger partial charge in [-0.1, -0.05) is 24.3 Å². The van der Waals surface area contributed by atoms with Crippen molar-refractivity contribution in [3.05, 3.63) is 73.1 Å². The number of carbonyl (C=O) groups excluding carboxylic acids is 1. The number of anilines is 1. The maximum absolute atomic E-state index is 12.7. The Kier molecular flexibility index (Phi) is 7.91. The van der Waals surface area contributed by atoms with Gasteiger partial charge >= 0.3 is 0 Å². The van der Waals surface area contributed by atoms with Gasteiger partial charge in [-0.25, -0.2) is 14.6 Å². The largest absolute Gasteiger partial charge is 0.457 e. The fourth-order valence-corrected chi connectivity index (χ4v) is 4.52. The monoisotopic (exact) mass is 513 g/mol. The first-order valence-electron chi connectivity index (χ1n) is 12.6. The molecule has 4 aromatic rings. The molecular weight excluding hydrogens is 482 g/mol. The quantitative estimate of drug-likeness (QED) is 0.244. The zero-order valence-electron chi connectivity index (χ0n) is 21.3. The fraction of sp³-hybridized carbons (Fsp3) is 0.286. The normalized spacial score (nSPS) is 15.5. The van der Waals surface area contributed by atoms with Crippen LogP contribution < -0.4 is 15.8 Å². The van der Waals surface area contributed by atoms with Crippen molar-refractivity contribution in [2.75, 3.05) is 45.6 Å². The molecule has 2 aromatic heterocycles. The highest BCUT2D eigenvalue weighted by atomic mass is 16.5. The van der Waals surface area contributed by atoms with Crippen LogP contribution in [0.25, 0.3) is 22.3 Å². The molecule has 196 valence electrons. The maximum atomic E-state index is 12.7. The lowest BCUT2D eigenvalue weighted by Crippen LogP contribution is -2.28. The van der Waals surface area contributed by atoms with E-state index >= 15 is 0 Å². The number of nitrogen functional groups attached to an aromatic ring is 1. The minimum Gasteiger partial charge on any atom is -0.457 e. The van der Waals surface area contributed by atoms with Crippen LogP contribution in [0, 0.1) is 0 Å². The number of carbonyl (C=O) groups is 1. The molecule has 1 aliphatic heterocycles. The molecule has 5 rings (SSSR count). The molecule has 0 radical (unpaired) electrons. The van der Waals surface area contributed by atoms with Gasteiger partial charge in [-0.05, 0) is 42.8 Å². The van der Waals surface area contributed by atoms with Crippen LogP contribution in [-0.4, -0.2) is 70.5 Å². The lowest BCUT2D eigenvalue weighted by atomic mass is 10.1. The lowest BCUT2D eigenvalue weighted by Gasteiger charge is -2.15. The summed E-state index contributed by atoms with van der Waals surface area (Å²) in [5, 5.41) is 8.83. The number of hydrogen-bond donors (Lipinski definition) is 2. The van der Waals surface area contributed by atoms with Crippen molar-refractivity contribution in [2.45, 2.75) is 12.5 Å². The summed E-state index contributed by atoms with van der Waals surface area (Å²) in [5.74, 6) is 1.85. The Morgan fingerprint density at radius 3 is 2.71 bits per heavy atom. The van der Waals surface area contributed by atoms with E-state index in [4.69, 9.17) is 20.3 Å². The van der Waals surface area contributed by atoms with Gasteiger partial charge in [-0.15, -0.1) is 0 Å². The second-order valence-electron chi connectivity index (χ2n) is 9.02. The van der Waals surface area contributed by atoms with Crippen LogP contribution in [0.5, 0.6) is 11.5 Å². The average molecular weight is 514 g/mol. The summed E-state index contributed by atoms with van der Waals surface area (Å²) in [6.45, 7) is 3.18. The molecule has 0 bridgehead atoms. The Labute approximate surface area is 221 Å². The summed E-state index contributed by atoms with van der Waals surface area (Å²) in [7, 11) is 1.66. The van der Waals surface area contributed by atoms with Crippen molar-refractivity contribution >= 4 is 22.8 Å². The number of hydrogen-bond acceptors (Lipinski definition) is 8. The van der Waals surface area contributed by atoms with Gasteiger partial charge in [-0.3, -0.25) is 4.79 Å². The SMILES string of the molecule is COCCNC/C=C/C(=O)N1CCC(n2nc(-c3ccc(Oc4ccccc4)cc3)c3c(N)ncnc32)C1. The summed E-state index contributed by atoms with van der Waals surface area (Å²) >= 11 is 0. The van der Waals surface area contributed by atoms with E-state index in [0.717, 1.165) is 30.0 Å². The lowest BCUT2D eigenvalue weighted by molar-refractivity contribution is -0.125. The molecular formula is C28H31N7O3. The molecule has 0 saturated carbocycles. The number of para-hydroxylation sites is 1. The van der Waals surface area contributed by atoms with Gasteiger partial charge in [0.05, 0.1) is 18.0 Å². The summed E-state index contributed by atoms with van der Waals surface area (Å²) in [6, 6.07) is 17.3. The Bertz CT molecular complexity index is 1400. The molecule has 38 heavy (non-hydrogen) atoms. The first kappa shape index (κ1) is 25.4. The van der Waals surface area contributed by atoms with Crippen LogP contribution in [0.4, 0.5) is 5.82 Å². The molecule has 1 unspecified atom stereocenters. The number of nitrogens with two attached hydrogens (primary N) is 1. The molecule has 1 amide bonds. The fourth-order valence-electron chi connectivity index (χ4n) is 4.52. The number of ether oxygens (including phenoxy) is 2. The van der Waals surface area contributed by atoms with Crippen LogP contribution in [-0.2, 0) is 9.53 Å². The molecule has 3 N–H and O–H groups in total. The van der Waals surface area contributed by atoms with Gasteiger partial charge < -0.3 is 25.4 Å². The number of likely N-dealkylation sites (tertiary alicyclic amines) is 1. The number of fused-ring (bicyclic) bond motifs is 1. The molecule has 0 aliphatic carbocycles. The Morgan fingerprint density at radius 2 is 1.92 bits per heavy atom. The summed E-state index contributed by atoms with van der Waals surface area (Å²) < 4.78 is 12.8. The standard InChI is InChI=1S/C28H31N7O3/c1-37-17-15-30-14-5-8-24(36)34-16-13-21(18-34)35-28-25(27(29)31-19-32-28)26(33-35)20-9-11-23(12-10-20)38-22-6-3-2-4-7-22/h2-12,19,21,30H,13-18H2,1H3,(H2,29,31,32)/b8-5+. The van der Waals surface area contributed by atoms with E-state index in [-0.39, 0.29) is 11.9 Å². The molecule has 1 fully saturated rings. The van der Waals surface area contributed by atoms with Crippen molar-refractivity contribution in [3.8, 4) is 22.8 Å². The minimum absolute atomic E-state index is 0.0131. The topological polar surface area (TPSA) is 120 Å². The molecule has 1 saturated heterocycles. The van der Waals surface area contributed by atoms with E-state index in [1.54, 1.807) is 13.2 Å². The number of nitrogens with one attached hydrogen (secondary N) is 1. The van der Waals surface area contributed by atoms with Crippen molar-refractivity contribution in [3.63, 3.8) is 0 Å². The van der Waals surface area contributed by atoms with Crippen LogP contribution in [0.1, 0.15) is 12.5 Å². The average Bonchev–Trinajstić information content (AvgIpc) is 3.58. The Morgan fingerprint density at radius 1 is 1.13 bits per heavy atom. The highest BCUT2D eigenvalue weighted by molar-refractivity contribution is 5.98. The van der Waals surface area contributed by atoms with E-state index in [2.05, 4.69) is 15.3 Å². The van der Waals surface area contributed by atoms with Crippen LogP contribution in [0.3, 0.4) is 0 Å². The zero-order valence-corrected chi connectivity index (χ0v) is 21.3. The molecule has 10 heteroatoms. The molecule has 10 nitrogen and oxygen atoms in total. The smallest absolute Gasteiger partial charge is 0.246 e. The van der Waals surface area contributed by atoms with E-state index in [1.165, 1.54) is 6.33 Å². The number of aromatic nitrogens is 4. The number of nitrogens with zero attached hydrogens (tertiary/aromatic N) is 5. The second-order valence-corrected chi connectivity index (χ2v) is 9.02. The summed E-state index contributed by atoms with van der Waals surface area (Å²) in [5.41, 5.74) is 8.54. The van der Waals surface area contributed by atoms with Gasteiger partial charge in [0.25, 0.3) is 0 Å². The Balaban J connectivity index is 1.33. The van der Waals surface area contributed by atoms with Crippen molar-refractivity contribution in [1.82, 2.24) is 30.0 Å². The number of methoxy groups -OCH3 is 1. The maximum Gasteiger partial charge on any atom is 0.246 e. The molecule has 2 aromatic carbocycles. The third-order valence-electron chi connectivity index (χ3n) is 6.45. The van der Waals surface area contributed by atoms with Crippen molar-refractivity contribution < 1.29 is 14.3 Å². The first-order chi connectivity index (χ1) is 18.6. The van der Waals surface area contributed by atoms with Crippen molar-refractivity contribution in [1.29, 1.82) is 0 Å². The minimum atomic E-state index is -0.0154. The molecule has 1 aliphatic rings. The number of rotatable bonds is 10. The van der Waals surface area contributed by atoms with Crippen LogP contribution in [0.2, 0.25) is 0 Å². The molecule has 0 spiro atoms. The predicted molar refractivity (Wildman–Crippen MR) is 146 cm³/mol. The third-order valence-corrected chi connectivity index (χ3v) is 6.45. The van der Waals surface area contributed by atoms with Gasteiger partial charge in [-0.2, -0.15) is 5.10 Å². The summed E-state index contributed by atoms with van der Waals surface area (Å²) in [4.78, 5) is 23.3. The van der Waals surface area contributed by atoms with Gasteiger partial charge in [0.2, 0.25) is 5.91 Å². The zero-order chi connectivity index (χ0) is 26.3. The number of amides is 1. The van der Waals surface area contributed by atoms with Gasteiger partial charge in [0.15, 0.2) is 5.65 Å². The van der Waals surface area contributed by atoms with Crippen LogP contribution >= 0.6 is 0 Å². The van der Waals surface area contributed by atoms with Crippen molar-refractivity contribution in [2.24, 2.45) is 0 Å². The summed E-state index contributed by atoms with van der Waals surface area (Å²) in [6.07, 6.45) is 5.68. The van der Waals surface area contributed by atoms with Crippen LogP contribution in [0.15, 0.2) is 73.1 Å². The third kappa shape index (κ3) is 5.66. The predicted octanol–water partition coefficient (Wildman–Crippen LogP) is 3.43. The highest BCUT2D eigenvalue weighted by Gasteiger charge is 2.30. The van der Waals surface area contributed by atoms with Gasteiger partial charge in [0, 0.05) is 44.9 Å². The highest BCUT2D eigenvalue weighted by Crippen LogP contribution is 2.35. The van der Waals surface area contributed by atoms with E-state index in [9.17, 15) is 4.79 Å². The molecule has 1 atom stereocenters. The van der Waals surface area contributed by atoms with Gasteiger partial charge in [0.1, 0.15) is 29.3 Å². The van der Waals surface area contributed by atoms with E-state index in [0.29, 0.717) is 48.8 Å². The molecule has 3 heterocycles. The number of benzene rings is 2. The second kappa shape index (κ2) is 11.8. The van der Waals surface area contributed by atoms with E-state index < -0.39 is 0 Å². The Hall–Kier alpha value is -4.28.